The standard InChI is InChI=1S/C24H24ClN5S/c1-3-30(4-2)15-31-24-23(26)28-21(16-9-6-5-7-10-16)22(29-24)18-13-17-11-8-12-27-20(17)19(25)14-18/h5-14H,3-4,15H2,1-2H3,(H2,26,28). The number of nitrogen functional groups attached to an aromatic ring is 1. The number of nitrogens with two attached hydrogens (primary N) is 1. The van der Waals surface area contributed by atoms with Crippen molar-refractivity contribution in [2.24, 2.45) is 0 Å². The van der Waals surface area contributed by atoms with Crippen molar-refractivity contribution in [2.45, 2.75) is 18.9 Å². The number of nitrogens with zero attached hydrogens (tertiary/aromatic N) is 4. The first-order chi connectivity index (χ1) is 15.1. The van der Waals surface area contributed by atoms with Gasteiger partial charge in [0, 0.05) is 22.7 Å². The van der Waals surface area contributed by atoms with E-state index >= 15 is 0 Å². The fraction of sp³-hybridized carbons (Fsp3) is 0.208. The molecule has 0 aliphatic heterocycles. The highest BCUT2D eigenvalue weighted by atomic mass is 35.5. The molecule has 0 fully saturated rings. The average Bonchev–Trinajstić information content (AvgIpc) is 2.81. The number of thioether (sulfide) groups is 1. The lowest BCUT2D eigenvalue weighted by atomic mass is 10.0. The second kappa shape index (κ2) is 9.64. The van der Waals surface area contributed by atoms with Crippen LogP contribution in [0.15, 0.2) is 65.8 Å². The number of anilines is 1. The van der Waals surface area contributed by atoms with E-state index in [9.17, 15) is 0 Å². The zero-order valence-corrected chi connectivity index (χ0v) is 19.1. The number of benzene rings is 2. The number of hydrogen-bond acceptors (Lipinski definition) is 6. The van der Waals surface area contributed by atoms with Crippen LogP contribution in [0.5, 0.6) is 0 Å². The van der Waals surface area contributed by atoms with E-state index in [4.69, 9.17) is 27.3 Å². The van der Waals surface area contributed by atoms with Crippen molar-refractivity contribution >= 4 is 40.1 Å². The summed E-state index contributed by atoms with van der Waals surface area (Å²) in [5, 5.41) is 2.27. The molecule has 31 heavy (non-hydrogen) atoms. The summed E-state index contributed by atoms with van der Waals surface area (Å²) in [5.74, 6) is 1.24. The van der Waals surface area contributed by atoms with Gasteiger partial charge in [0.25, 0.3) is 0 Å². The molecule has 0 bridgehead atoms. The van der Waals surface area contributed by atoms with E-state index in [1.54, 1.807) is 18.0 Å². The summed E-state index contributed by atoms with van der Waals surface area (Å²) >= 11 is 8.18. The van der Waals surface area contributed by atoms with Gasteiger partial charge >= 0.3 is 0 Å². The molecule has 2 heterocycles. The minimum Gasteiger partial charge on any atom is -0.381 e. The maximum absolute atomic E-state index is 6.57. The number of aromatic nitrogens is 3. The van der Waals surface area contributed by atoms with Gasteiger partial charge in [0.15, 0.2) is 5.82 Å². The van der Waals surface area contributed by atoms with Gasteiger partial charge in [-0.25, -0.2) is 9.97 Å². The summed E-state index contributed by atoms with van der Waals surface area (Å²) in [4.78, 5) is 16.5. The lowest BCUT2D eigenvalue weighted by Gasteiger charge is -2.18. The molecule has 0 unspecified atom stereocenters. The van der Waals surface area contributed by atoms with Gasteiger partial charge in [0.1, 0.15) is 5.03 Å². The molecule has 2 aromatic carbocycles. The van der Waals surface area contributed by atoms with Crippen LogP contribution < -0.4 is 5.73 Å². The molecular weight excluding hydrogens is 426 g/mol. The Kier molecular flexibility index (Phi) is 6.70. The van der Waals surface area contributed by atoms with E-state index in [0.29, 0.717) is 10.8 Å². The topological polar surface area (TPSA) is 67.9 Å². The maximum Gasteiger partial charge on any atom is 0.156 e. The summed E-state index contributed by atoms with van der Waals surface area (Å²) in [5.41, 5.74) is 10.5. The first-order valence-electron chi connectivity index (χ1n) is 10.2. The van der Waals surface area contributed by atoms with Crippen molar-refractivity contribution in [3.8, 4) is 22.5 Å². The smallest absolute Gasteiger partial charge is 0.156 e. The van der Waals surface area contributed by atoms with Gasteiger partial charge in [-0.2, -0.15) is 0 Å². The third kappa shape index (κ3) is 4.66. The van der Waals surface area contributed by atoms with E-state index in [1.165, 1.54) is 0 Å². The monoisotopic (exact) mass is 449 g/mol. The molecule has 0 saturated heterocycles. The summed E-state index contributed by atoms with van der Waals surface area (Å²) in [6, 6.07) is 17.8. The molecule has 158 valence electrons. The van der Waals surface area contributed by atoms with Gasteiger partial charge < -0.3 is 5.73 Å². The van der Waals surface area contributed by atoms with Gasteiger partial charge in [-0.15, -0.1) is 0 Å². The van der Waals surface area contributed by atoms with Gasteiger partial charge in [-0.1, -0.05) is 73.6 Å². The van der Waals surface area contributed by atoms with Crippen molar-refractivity contribution in [3.63, 3.8) is 0 Å². The van der Waals surface area contributed by atoms with Crippen LogP contribution in [-0.2, 0) is 0 Å². The van der Waals surface area contributed by atoms with Crippen molar-refractivity contribution in [1.82, 2.24) is 19.9 Å². The summed E-state index contributed by atoms with van der Waals surface area (Å²) < 4.78 is 0. The van der Waals surface area contributed by atoms with Gasteiger partial charge in [-0.05, 0) is 31.3 Å². The van der Waals surface area contributed by atoms with Crippen LogP contribution in [0.3, 0.4) is 0 Å². The zero-order valence-electron chi connectivity index (χ0n) is 17.5. The second-order valence-electron chi connectivity index (χ2n) is 7.09. The number of pyridine rings is 1. The molecule has 0 radical (unpaired) electrons. The molecule has 0 aliphatic rings. The van der Waals surface area contributed by atoms with E-state index in [0.717, 1.165) is 57.4 Å². The third-order valence-corrected chi connectivity index (χ3v) is 6.50. The molecule has 0 amide bonds. The Labute approximate surface area is 191 Å². The Balaban J connectivity index is 1.87. The van der Waals surface area contributed by atoms with Crippen LogP contribution in [0.1, 0.15) is 13.8 Å². The minimum atomic E-state index is 0.438. The predicted molar refractivity (Wildman–Crippen MR) is 131 cm³/mol. The average molecular weight is 450 g/mol. The number of rotatable bonds is 7. The molecule has 4 rings (SSSR count). The Morgan fingerprint density at radius 1 is 0.935 bits per heavy atom. The van der Waals surface area contributed by atoms with Gasteiger partial charge in [0.05, 0.1) is 27.8 Å². The van der Waals surface area contributed by atoms with Crippen LogP contribution in [0.4, 0.5) is 5.82 Å². The minimum absolute atomic E-state index is 0.438. The van der Waals surface area contributed by atoms with Crippen molar-refractivity contribution in [2.75, 3.05) is 24.7 Å². The molecule has 0 saturated carbocycles. The highest BCUT2D eigenvalue weighted by molar-refractivity contribution is 7.99. The van der Waals surface area contributed by atoms with Crippen LogP contribution in [0.2, 0.25) is 5.02 Å². The van der Waals surface area contributed by atoms with Crippen molar-refractivity contribution in [3.05, 3.63) is 65.8 Å². The molecule has 4 aromatic rings. The first kappa shape index (κ1) is 21.6. The van der Waals surface area contributed by atoms with Crippen LogP contribution in [-0.4, -0.2) is 38.8 Å². The van der Waals surface area contributed by atoms with Gasteiger partial charge in [0.2, 0.25) is 0 Å². The summed E-state index contributed by atoms with van der Waals surface area (Å²) in [6.07, 6.45) is 1.74. The lowest BCUT2D eigenvalue weighted by Crippen LogP contribution is -2.22. The fourth-order valence-corrected chi connectivity index (χ4v) is 4.68. The SMILES string of the molecule is CCN(CC)CSc1nc(-c2cc(Cl)c3ncccc3c2)c(-c2ccccc2)nc1N. The summed E-state index contributed by atoms with van der Waals surface area (Å²) in [6.45, 7) is 6.24. The Bertz CT molecular complexity index is 1200. The van der Waals surface area contributed by atoms with E-state index in [2.05, 4.69) is 29.8 Å². The Morgan fingerprint density at radius 3 is 2.42 bits per heavy atom. The third-order valence-electron chi connectivity index (χ3n) is 5.15. The van der Waals surface area contributed by atoms with Gasteiger partial charge in [-0.3, -0.25) is 9.88 Å². The number of fused-ring (bicyclic) bond motifs is 1. The van der Waals surface area contributed by atoms with E-state index < -0.39 is 0 Å². The molecule has 2 N–H and O–H groups in total. The number of halogens is 1. The zero-order chi connectivity index (χ0) is 21.8. The highest BCUT2D eigenvalue weighted by Crippen LogP contribution is 2.36. The Morgan fingerprint density at radius 2 is 1.68 bits per heavy atom. The molecule has 2 aromatic heterocycles. The van der Waals surface area contributed by atoms with Crippen molar-refractivity contribution in [1.29, 1.82) is 0 Å². The van der Waals surface area contributed by atoms with Crippen molar-refractivity contribution < 1.29 is 0 Å². The van der Waals surface area contributed by atoms with Crippen LogP contribution >= 0.6 is 23.4 Å². The fourth-order valence-electron chi connectivity index (χ4n) is 3.38. The predicted octanol–water partition coefficient (Wildman–Crippen LogP) is 5.99. The second-order valence-corrected chi connectivity index (χ2v) is 8.43. The largest absolute Gasteiger partial charge is 0.381 e. The lowest BCUT2D eigenvalue weighted by molar-refractivity contribution is 0.358. The Hall–Kier alpha value is -2.67. The van der Waals surface area contributed by atoms with E-state index in [1.807, 2.05) is 48.5 Å². The molecule has 0 atom stereocenters. The maximum atomic E-state index is 6.57. The molecular formula is C24H24ClN5S. The van der Waals surface area contributed by atoms with Crippen LogP contribution in [0, 0.1) is 0 Å². The normalized spacial score (nSPS) is 11.4. The molecule has 5 nitrogen and oxygen atoms in total. The first-order valence-corrected chi connectivity index (χ1v) is 11.6. The summed E-state index contributed by atoms with van der Waals surface area (Å²) in [7, 11) is 0. The number of hydrogen-bond donors (Lipinski definition) is 1. The molecule has 0 aliphatic carbocycles. The quantitative estimate of drug-likeness (QED) is 0.276. The highest BCUT2D eigenvalue weighted by Gasteiger charge is 2.18. The molecule has 7 heteroatoms. The van der Waals surface area contributed by atoms with E-state index in [-0.39, 0.29) is 0 Å². The molecule has 0 spiro atoms. The van der Waals surface area contributed by atoms with Crippen LogP contribution in [0.25, 0.3) is 33.4 Å².